The summed E-state index contributed by atoms with van der Waals surface area (Å²) in [5.74, 6) is 0.563. The molecule has 0 unspecified atom stereocenters. The second kappa shape index (κ2) is 7.19. The van der Waals surface area contributed by atoms with Crippen molar-refractivity contribution in [3.05, 3.63) is 54.4 Å². The maximum Gasteiger partial charge on any atom is 0.305 e. The molecule has 0 saturated heterocycles. The number of pyridine rings is 1. The minimum Gasteiger partial charge on any atom is -0.494 e. The molecule has 2 rings (SSSR count). The van der Waals surface area contributed by atoms with Crippen molar-refractivity contribution in [1.82, 2.24) is 10.4 Å². The molecule has 0 bridgehead atoms. The van der Waals surface area contributed by atoms with E-state index in [-0.39, 0.29) is 5.91 Å². The zero-order chi connectivity index (χ0) is 15.1. The molecule has 1 amide bonds. The van der Waals surface area contributed by atoms with Crippen LogP contribution in [-0.4, -0.2) is 28.9 Å². The number of hydrazine groups is 1. The Bertz CT molecular complexity index is 609. The Morgan fingerprint density at radius 1 is 1.24 bits per heavy atom. The summed E-state index contributed by atoms with van der Waals surface area (Å²) in [4.78, 5) is 15.9. The Labute approximate surface area is 123 Å². The van der Waals surface area contributed by atoms with Crippen LogP contribution in [0.3, 0.4) is 0 Å². The van der Waals surface area contributed by atoms with E-state index in [2.05, 4.69) is 24.1 Å². The Hall–Kier alpha value is -2.69. The van der Waals surface area contributed by atoms with Crippen LogP contribution in [-0.2, 0) is 0 Å². The second-order valence-electron chi connectivity index (χ2n) is 4.45. The van der Waals surface area contributed by atoms with Gasteiger partial charge in [0.2, 0.25) is 5.69 Å². The molecule has 1 aromatic heterocycles. The highest BCUT2D eigenvalue weighted by atomic mass is 16.5. The van der Waals surface area contributed by atoms with Crippen LogP contribution in [0, 0.1) is 0 Å². The lowest BCUT2D eigenvalue weighted by Gasteiger charge is -2.05. The third-order valence-corrected chi connectivity index (χ3v) is 2.80. The lowest BCUT2D eigenvalue weighted by atomic mass is 10.2. The highest BCUT2D eigenvalue weighted by Crippen LogP contribution is 2.17. The van der Waals surface area contributed by atoms with Crippen molar-refractivity contribution in [2.75, 3.05) is 6.61 Å². The van der Waals surface area contributed by atoms with Gasteiger partial charge < -0.3 is 4.74 Å². The molecule has 0 spiro atoms. The Kier molecular flexibility index (Phi) is 5.04. The smallest absolute Gasteiger partial charge is 0.305 e. The summed E-state index contributed by atoms with van der Waals surface area (Å²) < 4.78 is 6.93. The average Bonchev–Trinajstić information content (AvgIpc) is 2.54. The third-order valence-electron chi connectivity index (χ3n) is 2.80. The number of hydrogen-bond donors (Lipinski definition) is 1. The van der Waals surface area contributed by atoms with Gasteiger partial charge in [0.05, 0.1) is 6.61 Å². The number of ether oxygens (including phenoxy) is 1. The fourth-order valence-electron chi connectivity index (χ4n) is 1.70. The Morgan fingerprint density at radius 2 is 1.90 bits per heavy atom. The minimum absolute atomic E-state index is 0.237. The topological polar surface area (TPSA) is 54.2 Å². The molecule has 108 valence electrons. The highest BCUT2D eigenvalue weighted by Gasteiger charge is 2.13. The first kappa shape index (κ1) is 14.7. The van der Waals surface area contributed by atoms with Crippen LogP contribution in [0.1, 0.15) is 23.7 Å². The molecule has 0 aliphatic heterocycles. The van der Waals surface area contributed by atoms with Gasteiger partial charge in [-0.15, -0.1) is 5.43 Å². The summed E-state index contributed by atoms with van der Waals surface area (Å²) in [7, 11) is 0. The summed E-state index contributed by atoms with van der Waals surface area (Å²) in [6.07, 6.45) is 4.11. The summed E-state index contributed by atoms with van der Waals surface area (Å²) in [5.41, 5.74) is 3.98. The SMILES string of the molecule is C=[N+](NC(=O)c1ccncc1)c1ccc(OCCC)cc1. The number of nitrogens with one attached hydrogen (secondary N) is 1. The molecule has 5 heteroatoms. The van der Waals surface area contributed by atoms with Gasteiger partial charge in [0.25, 0.3) is 0 Å². The molecule has 5 nitrogen and oxygen atoms in total. The predicted molar refractivity (Wildman–Crippen MR) is 81.0 cm³/mol. The summed E-state index contributed by atoms with van der Waals surface area (Å²) >= 11 is 0. The predicted octanol–water partition coefficient (Wildman–Crippen LogP) is 2.56. The fraction of sp³-hybridized carbons (Fsp3) is 0.188. The molecule has 0 fully saturated rings. The zero-order valence-electron chi connectivity index (χ0n) is 12.0. The lowest BCUT2D eigenvalue weighted by molar-refractivity contribution is -0.481. The van der Waals surface area contributed by atoms with Gasteiger partial charge >= 0.3 is 5.91 Å². The van der Waals surface area contributed by atoms with Crippen molar-refractivity contribution >= 4 is 18.3 Å². The molecule has 21 heavy (non-hydrogen) atoms. The van der Waals surface area contributed by atoms with Crippen molar-refractivity contribution in [2.45, 2.75) is 13.3 Å². The van der Waals surface area contributed by atoms with E-state index >= 15 is 0 Å². The maximum atomic E-state index is 12.0. The van der Waals surface area contributed by atoms with E-state index in [0.717, 1.165) is 17.9 Å². The summed E-state index contributed by atoms with van der Waals surface area (Å²) in [6.45, 7) is 6.55. The largest absolute Gasteiger partial charge is 0.494 e. The standard InChI is InChI=1S/C16H17N3O2/c1-3-12-21-15-6-4-14(5-7-15)19(2)18-16(20)13-8-10-17-11-9-13/h4-11H,2-3,12H2,1H3/p+1. The number of hydrazone groups is 1. The van der Waals surface area contributed by atoms with E-state index in [0.29, 0.717) is 12.2 Å². The van der Waals surface area contributed by atoms with Crippen LogP contribution in [0.4, 0.5) is 5.69 Å². The number of aromatic nitrogens is 1. The van der Waals surface area contributed by atoms with Gasteiger partial charge in [-0.05, 0) is 30.7 Å². The zero-order valence-corrected chi connectivity index (χ0v) is 12.0. The van der Waals surface area contributed by atoms with Crippen molar-refractivity contribution in [3.8, 4) is 5.75 Å². The average molecular weight is 284 g/mol. The van der Waals surface area contributed by atoms with Gasteiger partial charge in [0, 0.05) is 30.1 Å². The first-order valence-corrected chi connectivity index (χ1v) is 6.75. The fourth-order valence-corrected chi connectivity index (χ4v) is 1.70. The number of carbonyl (C=O) groups is 1. The van der Waals surface area contributed by atoms with Crippen LogP contribution >= 0.6 is 0 Å². The molecule has 0 aliphatic carbocycles. The van der Waals surface area contributed by atoms with Gasteiger partial charge in [-0.2, -0.15) is 0 Å². The first-order valence-electron chi connectivity index (χ1n) is 6.75. The normalized spacial score (nSPS) is 9.95. The van der Waals surface area contributed by atoms with E-state index in [9.17, 15) is 4.79 Å². The van der Waals surface area contributed by atoms with E-state index in [1.807, 2.05) is 24.3 Å². The van der Waals surface area contributed by atoms with Crippen molar-refractivity contribution in [3.63, 3.8) is 0 Å². The van der Waals surface area contributed by atoms with Gasteiger partial charge in [0.1, 0.15) is 5.75 Å². The van der Waals surface area contributed by atoms with Crippen LogP contribution in [0.25, 0.3) is 0 Å². The van der Waals surface area contributed by atoms with Crippen LogP contribution in [0.2, 0.25) is 0 Å². The van der Waals surface area contributed by atoms with E-state index in [1.165, 1.54) is 4.68 Å². The third kappa shape index (κ3) is 4.14. The van der Waals surface area contributed by atoms with Crippen LogP contribution < -0.4 is 10.2 Å². The Morgan fingerprint density at radius 3 is 2.52 bits per heavy atom. The molecular weight excluding hydrogens is 266 g/mol. The molecule has 0 radical (unpaired) electrons. The van der Waals surface area contributed by atoms with Crippen molar-refractivity contribution in [2.24, 2.45) is 0 Å². The number of benzene rings is 1. The van der Waals surface area contributed by atoms with Gasteiger partial charge in [-0.25, -0.2) is 0 Å². The highest BCUT2D eigenvalue weighted by molar-refractivity contribution is 5.93. The molecule has 1 heterocycles. The number of rotatable bonds is 6. The second-order valence-corrected chi connectivity index (χ2v) is 4.45. The van der Waals surface area contributed by atoms with E-state index < -0.39 is 0 Å². The number of nitrogens with zero attached hydrogens (tertiary/aromatic N) is 2. The number of hydrogen-bond acceptors (Lipinski definition) is 3. The monoisotopic (exact) mass is 284 g/mol. The molecular formula is C16H18N3O2+. The Balaban J connectivity index is 1.98. The van der Waals surface area contributed by atoms with Crippen molar-refractivity contribution in [1.29, 1.82) is 0 Å². The summed E-state index contributed by atoms with van der Waals surface area (Å²) in [5, 5.41) is 0. The molecule has 0 aliphatic rings. The van der Waals surface area contributed by atoms with E-state index in [4.69, 9.17) is 4.74 Å². The maximum absolute atomic E-state index is 12.0. The molecule has 2 aromatic rings. The lowest BCUT2D eigenvalue weighted by Crippen LogP contribution is -2.30. The molecule has 1 aromatic carbocycles. The minimum atomic E-state index is -0.237. The number of carbonyl (C=O) groups excluding carboxylic acids is 1. The summed E-state index contributed by atoms with van der Waals surface area (Å²) in [6, 6.07) is 10.7. The molecule has 0 saturated carbocycles. The number of amides is 1. The molecule has 0 atom stereocenters. The van der Waals surface area contributed by atoms with Gasteiger partial charge in [0.15, 0.2) is 6.72 Å². The van der Waals surface area contributed by atoms with E-state index in [1.54, 1.807) is 24.5 Å². The van der Waals surface area contributed by atoms with Crippen molar-refractivity contribution < 1.29 is 14.2 Å². The van der Waals surface area contributed by atoms with Gasteiger partial charge in [-0.3, -0.25) is 9.78 Å². The first-order chi connectivity index (χ1) is 10.2. The van der Waals surface area contributed by atoms with Crippen LogP contribution in [0.5, 0.6) is 5.75 Å². The van der Waals surface area contributed by atoms with Gasteiger partial charge in [-0.1, -0.05) is 11.6 Å². The molecule has 1 N–H and O–H groups in total. The quantitative estimate of drug-likeness (QED) is 0.504. The van der Waals surface area contributed by atoms with Crippen LogP contribution in [0.15, 0.2) is 48.8 Å².